The Hall–Kier alpha value is -1.30. The molecule has 136 valence electrons. The quantitative estimate of drug-likeness (QED) is 0.751. The third-order valence-corrected chi connectivity index (χ3v) is 4.55. The number of nitrogens with zero attached hydrogens (tertiary/aromatic N) is 1. The van der Waals surface area contributed by atoms with Gasteiger partial charge in [-0.1, -0.05) is 19.9 Å². The number of aliphatic hydroxyl groups excluding tert-OH is 1. The second-order valence-electron chi connectivity index (χ2n) is 6.83. The number of rotatable bonds is 9. The summed E-state index contributed by atoms with van der Waals surface area (Å²) in [5, 5.41) is 10.3. The fraction of sp³-hybridized carbons (Fsp3) is 0.684. The molecule has 0 saturated carbocycles. The minimum Gasteiger partial charge on any atom is -0.493 e. The van der Waals surface area contributed by atoms with Gasteiger partial charge in [-0.15, -0.1) is 0 Å². The molecule has 24 heavy (non-hydrogen) atoms. The lowest BCUT2D eigenvalue weighted by molar-refractivity contribution is 0.0330. The molecule has 2 rings (SSSR count). The second-order valence-corrected chi connectivity index (χ2v) is 6.83. The predicted molar refractivity (Wildman–Crippen MR) is 94.6 cm³/mol. The molecule has 0 radical (unpaired) electrons. The van der Waals surface area contributed by atoms with E-state index >= 15 is 0 Å². The van der Waals surface area contributed by atoms with Crippen LogP contribution in [0.2, 0.25) is 0 Å². The Balaban J connectivity index is 2.07. The Morgan fingerprint density at radius 2 is 2.00 bits per heavy atom. The largest absolute Gasteiger partial charge is 0.493 e. The predicted octanol–water partition coefficient (Wildman–Crippen LogP) is 2.70. The van der Waals surface area contributed by atoms with Crippen LogP contribution in [0.3, 0.4) is 0 Å². The van der Waals surface area contributed by atoms with Gasteiger partial charge >= 0.3 is 0 Å². The van der Waals surface area contributed by atoms with Crippen LogP contribution in [0.25, 0.3) is 0 Å². The van der Waals surface area contributed by atoms with Gasteiger partial charge in [-0.25, -0.2) is 0 Å². The summed E-state index contributed by atoms with van der Waals surface area (Å²) < 4.78 is 16.5. The number of methoxy groups -OCH3 is 2. The molecule has 1 saturated heterocycles. The van der Waals surface area contributed by atoms with Crippen molar-refractivity contribution in [3.8, 4) is 11.5 Å². The van der Waals surface area contributed by atoms with Crippen LogP contribution < -0.4 is 9.47 Å². The number of benzene rings is 1. The van der Waals surface area contributed by atoms with Crippen LogP contribution in [0.4, 0.5) is 0 Å². The van der Waals surface area contributed by atoms with Crippen molar-refractivity contribution >= 4 is 0 Å². The van der Waals surface area contributed by atoms with Crippen molar-refractivity contribution in [2.75, 3.05) is 33.9 Å². The maximum Gasteiger partial charge on any atom is 0.161 e. The van der Waals surface area contributed by atoms with Crippen LogP contribution in [-0.4, -0.2) is 56.1 Å². The summed E-state index contributed by atoms with van der Waals surface area (Å²) in [7, 11) is 3.29. The Morgan fingerprint density at radius 3 is 2.58 bits per heavy atom. The Bertz CT molecular complexity index is 496. The number of aliphatic hydroxyl groups is 1. The lowest BCUT2D eigenvalue weighted by Crippen LogP contribution is -2.39. The van der Waals surface area contributed by atoms with E-state index in [1.165, 1.54) is 0 Å². The van der Waals surface area contributed by atoms with Crippen molar-refractivity contribution in [1.29, 1.82) is 0 Å². The first kappa shape index (κ1) is 19.0. The molecule has 1 heterocycles. The van der Waals surface area contributed by atoms with E-state index in [-0.39, 0.29) is 18.1 Å². The third-order valence-electron chi connectivity index (χ3n) is 4.55. The van der Waals surface area contributed by atoms with Gasteiger partial charge < -0.3 is 19.3 Å². The monoisotopic (exact) mass is 337 g/mol. The highest BCUT2D eigenvalue weighted by atomic mass is 16.5. The molecular weight excluding hydrogens is 306 g/mol. The highest BCUT2D eigenvalue weighted by molar-refractivity contribution is 5.42. The van der Waals surface area contributed by atoms with Crippen LogP contribution in [0.15, 0.2) is 18.2 Å². The van der Waals surface area contributed by atoms with Gasteiger partial charge in [0, 0.05) is 26.2 Å². The van der Waals surface area contributed by atoms with Crippen LogP contribution >= 0.6 is 0 Å². The maximum absolute atomic E-state index is 10.3. The van der Waals surface area contributed by atoms with Crippen molar-refractivity contribution < 1.29 is 19.3 Å². The lowest BCUT2D eigenvalue weighted by Gasteiger charge is -2.29. The summed E-state index contributed by atoms with van der Waals surface area (Å²) in [6.07, 6.45) is 2.15. The van der Waals surface area contributed by atoms with Crippen LogP contribution in [-0.2, 0) is 11.3 Å². The fourth-order valence-electron chi connectivity index (χ4n) is 2.99. The molecule has 5 nitrogen and oxygen atoms in total. The molecule has 1 fully saturated rings. The first-order valence-electron chi connectivity index (χ1n) is 8.76. The van der Waals surface area contributed by atoms with Crippen molar-refractivity contribution in [3.63, 3.8) is 0 Å². The van der Waals surface area contributed by atoms with Gasteiger partial charge in [-0.05, 0) is 36.5 Å². The van der Waals surface area contributed by atoms with E-state index in [9.17, 15) is 5.11 Å². The average Bonchev–Trinajstić information content (AvgIpc) is 3.07. The molecular formula is C19H31NO4. The van der Waals surface area contributed by atoms with Gasteiger partial charge in [0.15, 0.2) is 11.5 Å². The number of ether oxygens (including phenoxy) is 3. The zero-order chi connectivity index (χ0) is 17.5. The van der Waals surface area contributed by atoms with E-state index < -0.39 is 0 Å². The normalized spacial score (nSPS) is 19.0. The van der Waals surface area contributed by atoms with E-state index in [1.807, 2.05) is 32.0 Å². The highest BCUT2D eigenvalue weighted by Gasteiger charge is 2.22. The van der Waals surface area contributed by atoms with Crippen LogP contribution in [0, 0.1) is 5.92 Å². The molecule has 1 aliphatic rings. The molecule has 2 atom stereocenters. The molecule has 5 heteroatoms. The molecule has 0 spiro atoms. The smallest absolute Gasteiger partial charge is 0.161 e. The Labute approximate surface area is 145 Å². The van der Waals surface area contributed by atoms with Gasteiger partial charge in [0.1, 0.15) is 0 Å². The van der Waals surface area contributed by atoms with Gasteiger partial charge in [-0.2, -0.15) is 0 Å². The second kappa shape index (κ2) is 9.25. The molecule has 0 amide bonds. The Morgan fingerprint density at radius 1 is 1.25 bits per heavy atom. The summed E-state index contributed by atoms with van der Waals surface area (Å²) in [6.45, 7) is 7.19. The summed E-state index contributed by atoms with van der Waals surface area (Å²) >= 11 is 0. The van der Waals surface area contributed by atoms with Crippen molar-refractivity contribution in [2.45, 2.75) is 45.4 Å². The van der Waals surface area contributed by atoms with Crippen molar-refractivity contribution in [3.05, 3.63) is 23.8 Å². The SMILES string of the molecule is COc1ccc(CN(C[C@H]2CCCO2)C[C@@H](O)C(C)C)cc1OC. The molecule has 0 aromatic heterocycles. The number of hydrogen-bond donors (Lipinski definition) is 1. The van der Waals surface area contributed by atoms with E-state index in [4.69, 9.17) is 14.2 Å². The third kappa shape index (κ3) is 5.36. The van der Waals surface area contributed by atoms with Gasteiger partial charge in [0.2, 0.25) is 0 Å². The van der Waals surface area contributed by atoms with Crippen LogP contribution in [0.5, 0.6) is 11.5 Å². The van der Waals surface area contributed by atoms with Crippen molar-refractivity contribution in [2.24, 2.45) is 5.92 Å². The molecule has 0 unspecified atom stereocenters. The number of hydrogen-bond acceptors (Lipinski definition) is 5. The molecule has 1 aliphatic heterocycles. The van der Waals surface area contributed by atoms with E-state index in [0.717, 1.165) is 49.6 Å². The van der Waals surface area contributed by atoms with E-state index in [1.54, 1.807) is 14.2 Å². The van der Waals surface area contributed by atoms with Crippen LogP contribution in [0.1, 0.15) is 32.3 Å². The minimum atomic E-state index is -0.341. The zero-order valence-corrected chi connectivity index (χ0v) is 15.3. The Kier molecular flexibility index (Phi) is 7.34. The molecule has 1 aromatic carbocycles. The van der Waals surface area contributed by atoms with Crippen molar-refractivity contribution in [1.82, 2.24) is 4.90 Å². The van der Waals surface area contributed by atoms with Gasteiger partial charge in [-0.3, -0.25) is 4.90 Å². The molecule has 1 aromatic rings. The van der Waals surface area contributed by atoms with E-state index in [2.05, 4.69) is 4.90 Å². The molecule has 1 N–H and O–H groups in total. The minimum absolute atomic E-state index is 0.238. The zero-order valence-electron chi connectivity index (χ0n) is 15.3. The first-order valence-corrected chi connectivity index (χ1v) is 8.76. The molecule has 0 aliphatic carbocycles. The molecule has 0 bridgehead atoms. The maximum atomic E-state index is 10.3. The highest BCUT2D eigenvalue weighted by Crippen LogP contribution is 2.28. The summed E-state index contributed by atoms with van der Waals surface area (Å²) in [6, 6.07) is 5.98. The summed E-state index contributed by atoms with van der Waals surface area (Å²) in [5.74, 6) is 1.70. The van der Waals surface area contributed by atoms with E-state index in [0.29, 0.717) is 6.54 Å². The van der Waals surface area contributed by atoms with Gasteiger partial charge in [0.05, 0.1) is 26.4 Å². The summed E-state index contributed by atoms with van der Waals surface area (Å²) in [4.78, 5) is 2.28. The lowest BCUT2D eigenvalue weighted by atomic mass is 10.1. The standard InChI is InChI=1S/C19H31NO4/c1-14(2)17(21)13-20(12-16-6-5-9-24-16)11-15-7-8-18(22-3)19(10-15)23-4/h7-8,10,14,16-17,21H,5-6,9,11-13H2,1-4H3/t16-,17-/m1/s1. The topological polar surface area (TPSA) is 51.2 Å². The summed E-state index contributed by atoms with van der Waals surface area (Å²) in [5.41, 5.74) is 1.14. The van der Waals surface area contributed by atoms with Gasteiger partial charge in [0.25, 0.3) is 0 Å². The average molecular weight is 337 g/mol. The fourth-order valence-corrected chi connectivity index (χ4v) is 2.99. The first-order chi connectivity index (χ1) is 11.5.